The van der Waals surface area contributed by atoms with Crippen LogP contribution in [0, 0.1) is 6.92 Å². The maximum absolute atomic E-state index is 13.0. The van der Waals surface area contributed by atoms with E-state index in [0.29, 0.717) is 5.69 Å². The fraction of sp³-hybridized carbons (Fsp3) is 0.158. The fourth-order valence-corrected chi connectivity index (χ4v) is 3.54. The number of nitrogens with one attached hydrogen (secondary N) is 1. The van der Waals surface area contributed by atoms with Crippen LogP contribution in [0.2, 0.25) is 5.02 Å². The zero-order chi connectivity index (χ0) is 22.3. The molecule has 0 saturated heterocycles. The Morgan fingerprint density at radius 1 is 1.13 bits per heavy atom. The largest absolute Gasteiger partial charge is 0.416 e. The minimum atomic E-state index is -4.54. The molecular formula is C19H15ClF3N3O3S. The van der Waals surface area contributed by atoms with Crippen LogP contribution in [0.3, 0.4) is 0 Å². The molecule has 3 rings (SSSR count). The van der Waals surface area contributed by atoms with Gasteiger partial charge in [-0.2, -0.15) is 18.3 Å². The Morgan fingerprint density at radius 3 is 2.47 bits per heavy atom. The number of amides is 1. The number of hydrogen-bond donors (Lipinski definition) is 1. The van der Waals surface area contributed by atoms with Gasteiger partial charge in [-0.3, -0.25) is 4.79 Å². The predicted molar refractivity (Wildman–Crippen MR) is 106 cm³/mol. The van der Waals surface area contributed by atoms with E-state index in [9.17, 15) is 26.4 Å². The highest BCUT2D eigenvalue weighted by Crippen LogP contribution is 2.31. The number of rotatable bonds is 4. The van der Waals surface area contributed by atoms with E-state index >= 15 is 0 Å². The number of carbonyl (C=O) groups is 1. The Balaban J connectivity index is 2.00. The highest BCUT2D eigenvalue weighted by atomic mass is 35.5. The van der Waals surface area contributed by atoms with Gasteiger partial charge in [-0.05, 0) is 43.3 Å². The summed E-state index contributed by atoms with van der Waals surface area (Å²) in [6.45, 7) is 1.61. The van der Waals surface area contributed by atoms with Crippen molar-refractivity contribution in [1.29, 1.82) is 0 Å². The Labute approximate surface area is 175 Å². The lowest BCUT2D eigenvalue weighted by Crippen LogP contribution is -2.16. The molecule has 0 spiro atoms. The van der Waals surface area contributed by atoms with Crippen molar-refractivity contribution in [3.63, 3.8) is 0 Å². The Hall–Kier alpha value is -2.85. The van der Waals surface area contributed by atoms with E-state index in [4.69, 9.17) is 11.6 Å². The van der Waals surface area contributed by atoms with Crippen molar-refractivity contribution in [2.45, 2.75) is 18.0 Å². The van der Waals surface area contributed by atoms with E-state index in [0.717, 1.165) is 29.1 Å². The second-order valence-electron chi connectivity index (χ2n) is 6.50. The van der Waals surface area contributed by atoms with Crippen molar-refractivity contribution >= 4 is 33.2 Å². The normalized spacial score (nSPS) is 12.1. The molecule has 1 amide bonds. The maximum Gasteiger partial charge on any atom is 0.416 e. The third-order valence-electron chi connectivity index (χ3n) is 4.10. The Kier molecular flexibility index (Phi) is 5.66. The lowest BCUT2D eigenvalue weighted by atomic mass is 10.2. The van der Waals surface area contributed by atoms with Crippen LogP contribution < -0.4 is 5.32 Å². The first-order chi connectivity index (χ1) is 13.9. The van der Waals surface area contributed by atoms with E-state index in [1.54, 1.807) is 6.92 Å². The molecule has 11 heteroatoms. The van der Waals surface area contributed by atoms with Gasteiger partial charge < -0.3 is 5.32 Å². The lowest BCUT2D eigenvalue weighted by Gasteiger charge is -2.12. The van der Waals surface area contributed by atoms with Gasteiger partial charge in [0.05, 0.1) is 32.4 Å². The van der Waals surface area contributed by atoms with E-state index in [-0.39, 0.29) is 27.0 Å². The van der Waals surface area contributed by atoms with Crippen LogP contribution in [-0.2, 0) is 16.0 Å². The van der Waals surface area contributed by atoms with Gasteiger partial charge in [0.25, 0.3) is 5.91 Å². The van der Waals surface area contributed by atoms with Crippen molar-refractivity contribution in [3.8, 4) is 5.69 Å². The molecule has 3 aromatic rings. The van der Waals surface area contributed by atoms with Crippen LogP contribution in [0.4, 0.5) is 19.0 Å². The zero-order valence-electron chi connectivity index (χ0n) is 15.7. The van der Waals surface area contributed by atoms with Crippen molar-refractivity contribution in [2.75, 3.05) is 11.6 Å². The van der Waals surface area contributed by atoms with Gasteiger partial charge >= 0.3 is 6.18 Å². The molecular weight excluding hydrogens is 443 g/mol. The minimum absolute atomic E-state index is 0.0155. The monoisotopic (exact) mass is 457 g/mol. The summed E-state index contributed by atoms with van der Waals surface area (Å²) < 4.78 is 63.8. The molecule has 0 fully saturated rings. The summed E-state index contributed by atoms with van der Waals surface area (Å²) in [5, 5.41) is 6.68. The van der Waals surface area contributed by atoms with Crippen LogP contribution in [0.1, 0.15) is 21.6 Å². The first-order valence-electron chi connectivity index (χ1n) is 8.41. The van der Waals surface area contributed by atoms with Gasteiger partial charge in [0, 0.05) is 12.3 Å². The molecule has 0 aliphatic carbocycles. The zero-order valence-corrected chi connectivity index (χ0v) is 17.2. The van der Waals surface area contributed by atoms with Crippen molar-refractivity contribution < 1.29 is 26.4 Å². The fourth-order valence-electron chi connectivity index (χ4n) is 2.69. The molecule has 6 nitrogen and oxygen atoms in total. The molecule has 0 saturated carbocycles. The second-order valence-corrected chi connectivity index (χ2v) is 8.92. The summed E-state index contributed by atoms with van der Waals surface area (Å²) >= 11 is 6.04. The van der Waals surface area contributed by atoms with Crippen LogP contribution in [0.15, 0.2) is 53.4 Å². The van der Waals surface area contributed by atoms with Crippen LogP contribution >= 0.6 is 11.6 Å². The SMILES string of the molecule is Cc1cc(NC(=O)c2cc(S(C)(=O)=O)ccc2Cl)n(-c2cccc(C(F)(F)F)c2)n1. The Morgan fingerprint density at radius 2 is 1.83 bits per heavy atom. The molecule has 0 unspecified atom stereocenters. The van der Waals surface area contributed by atoms with Gasteiger partial charge in [-0.15, -0.1) is 0 Å². The highest BCUT2D eigenvalue weighted by molar-refractivity contribution is 7.90. The molecule has 0 radical (unpaired) electrons. The molecule has 1 N–H and O–H groups in total. The van der Waals surface area contributed by atoms with Crippen LogP contribution in [0.25, 0.3) is 5.69 Å². The smallest absolute Gasteiger partial charge is 0.306 e. The summed E-state index contributed by atoms with van der Waals surface area (Å²) in [5.74, 6) is -0.642. The number of aryl methyl sites for hydroxylation is 1. The summed E-state index contributed by atoms with van der Waals surface area (Å²) in [5.41, 5.74) is -0.439. The van der Waals surface area contributed by atoms with E-state index in [2.05, 4.69) is 10.4 Å². The number of halogens is 4. The number of nitrogens with zero attached hydrogens (tertiary/aromatic N) is 2. The number of sulfone groups is 1. The van der Waals surface area contributed by atoms with Gasteiger partial charge in [-0.25, -0.2) is 13.1 Å². The Bertz CT molecular complexity index is 1240. The van der Waals surface area contributed by atoms with Gasteiger partial charge in [0.2, 0.25) is 0 Å². The van der Waals surface area contributed by atoms with E-state index in [1.807, 2.05) is 0 Å². The van der Waals surface area contributed by atoms with Crippen molar-refractivity contribution in [3.05, 3.63) is 70.4 Å². The summed E-state index contributed by atoms with van der Waals surface area (Å²) in [6, 6.07) is 9.61. The molecule has 30 heavy (non-hydrogen) atoms. The standard InChI is InChI=1S/C19H15ClF3N3O3S/c1-11-8-17(26(25-11)13-5-3-4-12(9-13)19(21,22)23)24-18(27)15-10-14(30(2,28)29)6-7-16(15)20/h3-10H,1-2H3,(H,24,27). The predicted octanol–water partition coefficient (Wildman–Crippen LogP) is 4.51. The number of aromatic nitrogens is 2. The van der Waals surface area contributed by atoms with Gasteiger partial charge in [0.1, 0.15) is 5.82 Å². The summed E-state index contributed by atoms with van der Waals surface area (Å²) in [4.78, 5) is 12.6. The number of carbonyl (C=O) groups excluding carboxylic acids is 1. The average Bonchev–Trinajstić information content (AvgIpc) is 3.00. The molecule has 158 valence electrons. The first kappa shape index (κ1) is 21.8. The maximum atomic E-state index is 13.0. The van der Waals surface area contributed by atoms with Crippen LogP contribution in [-0.4, -0.2) is 30.4 Å². The van der Waals surface area contributed by atoms with Gasteiger partial charge in [0.15, 0.2) is 9.84 Å². The number of alkyl halides is 3. The quantitative estimate of drug-likeness (QED) is 0.625. The van der Waals surface area contributed by atoms with Crippen LogP contribution in [0.5, 0.6) is 0 Å². The third kappa shape index (κ3) is 4.65. The lowest BCUT2D eigenvalue weighted by molar-refractivity contribution is -0.137. The molecule has 2 aromatic carbocycles. The molecule has 0 bridgehead atoms. The molecule has 1 heterocycles. The molecule has 0 aliphatic heterocycles. The minimum Gasteiger partial charge on any atom is -0.306 e. The third-order valence-corrected chi connectivity index (χ3v) is 5.54. The van der Waals surface area contributed by atoms with E-state index in [1.165, 1.54) is 30.3 Å². The van der Waals surface area contributed by atoms with Crippen molar-refractivity contribution in [2.24, 2.45) is 0 Å². The average molecular weight is 458 g/mol. The van der Waals surface area contributed by atoms with E-state index < -0.39 is 27.5 Å². The second kappa shape index (κ2) is 7.77. The number of hydrogen-bond acceptors (Lipinski definition) is 4. The topological polar surface area (TPSA) is 81.1 Å². The number of anilines is 1. The van der Waals surface area contributed by atoms with Crippen molar-refractivity contribution in [1.82, 2.24) is 9.78 Å². The molecule has 1 aromatic heterocycles. The first-order valence-corrected chi connectivity index (χ1v) is 10.7. The summed E-state index contributed by atoms with van der Waals surface area (Å²) in [6.07, 6.45) is -3.55. The molecule has 0 aliphatic rings. The van der Waals surface area contributed by atoms with Gasteiger partial charge in [-0.1, -0.05) is 17.7 Å². The highest BCUT2D eigenvalue weighted by Gasteiger charge is 2.30. The molecule has 0 atom stereocenters. The summed E-state index contributed by atoms with van der Waals surface area (Å²) in [7, 11) is -3.58. The number of benzene rings is 2.